The Kier molecular flexibility index (Phi) is 6.43. The Balaban J connectivity index is 1.56. The average molecular weight is 465 g/mol. The number of esters is 1. The number of carbonyl (C=O) groups is 2. The molecule has 3 rings (SSSR count). The van der Waals surface area contributed by atoms with Crippen LogP contribution in [0.1, 0.15) is 23.2 Å². The monoisotopic (exact) mass is 463 g/mol. The van der Waals surface area contributed by atoms with Crippen molar-refractivity contribution in [1.29, 1.82) is 0 Å². The predicted molar refractivity (Wildman–Crippen MR) is 106 cm³/mol. The number of hydrogen-bond donors (Lipinski definition) is 1. The van der Waals surface area contributed by atoms with E-state index < -0.39 is 17.9 Å². The second-order valence-electron chi connectivity index (χ2n) is 5.76. The van der Waals surface area contributed by atoms with Crippen LogP contribution in [-0.4, -0.2) is 28.1 Å². The molecule has 0 unspecified atom stereocenters. The summed E-state index contributed by atoms with van der Waals surface area (Å²) in [5.74, 6) is -0.660. The van der Waals surface area contributed by atoms with Crippen LogP contribution in [0.3, 0.4) is 0 Å². The van der Waals surface area contributed by atoms with Gasteiger partial charge in [-0.2, -0.15) is 0 Å². The van der Waals surface area contributed by atoms with E-state index in [9.17, 15) is 9.59 Å². The second kappa shape index (κ2) is 8.99. The zero-order valence-corrected chi connectivity index (χ0v) is 17.0. The van der Waals surface area contributed by atoms with Crippen molar-refractivity contribution in [2.75, 3.05) is 0 Å². The van der Waals surface area contributed by atoms with Crippen molar-refractivity contribution in [3.63, 3.8) is 0 Å². The molecule has 0 radical (unpaired) electrons. The molecule has 0 spiro atoms. The van der Waals surface area contributed by atoms with Crippen LogP contribution in [0.2, 0.25) is 5.02 Å². The molecule has 0 bridgehead atoms. The zero-order chi connectivity index (χ0) is 20.1. The Morgan fingerprint density at radius 3 is 2.64 bits per heavy atom. The van der Waals surface area contributed by atoms with Crippen molar-refractivity contribution in [2.24, 2.45) is 0 Å². The predicted octanol–water partition coefficient (Wildman–Crippen LogP) is 4.01. The molecule has 9 heteroatoms. The van der Waals surface area contributed by atoms with Crippen molar-refractivity contribution in [3.8, 4) is 11.5 Å². The molecule has 0 aliphatic heterocycles. The highest BCUT2D eigenvalue weighted by Gasteiger charge is 2.20. The number of carbonyl (C=O) groups excluding carboxylic acids is 2. The summed E-state index contributed by atoms with van der Waals surface area (Å²) in [5.41, 5.74) is 1.01. The van der Waals surface area contributed by atoms with Crippen LogP contribution in [0, 0.1) is 0 Å². The second-order valence-corrected chi connectivity index (χ2v) is 7.03. The molecule has 144 valence electrons. The van der Waals surface area contributed by atoms with Gasteiger partial charge in [-0.15, -0.1) is 10.2 Å². The van der Waals surface area contributed by atoms with Gasteiger partial charge in [0.2, 0.25) is 5.89 Å². The first kappa shape index (κ1) is 20.0. The molecular formula is C19H15BrClN3O4. The molecule has 1 aromatic heterocycles. The lowest BCUT2D eigenvalue weighted by Crippen LogP contribution is -2.39. The van der Waals surface area contributed by atoms with E-state index in [0.29, 0.717) is 10.9 Å². The van der Waals surface area contributed by atoms with Gasteiger partial charge in [-0.25, -0.2) is 4.79 Å². The molecule has 2 aromatic carbocycles. The van der Waals surface area contributed by atoms with E-state index in [1.54, 1.807) is 24.3 Å². The van der Waals surface area contributed by atoms with Crippen LogP contribution >= 0.6 is 27.5 Å². The minimum Gasteiger partial charge on any atom is -0.454 e. The molecule has 1 heterocycles. The fourth-order valence-electron chi connectivity index (χ4n) is 2.29. The van der Waals surface area contributed by atoms with Gasteiger partial charge in [0.25, 0.3) is 11.8 Å². The molecule has 28 heavy (non-hydrogen) atoms. The average Bonchev–Trinajstić information content (AvgIpc) is 3.15. The number of benzene rings is 2. The van der Waals surface area contributed by atoms with Crippen LogP contribution in [0.4, 0.5) is 0 Å². The number of aromatic nitrogens is 2. The molecular weight excluding hydrogens is 450 g/mol. The van der Waals surface area contributed by atoms with Gasteiger partial charge in [-0.05, 0) is 47.1 Å². The summed E-state index contributed by atoms with van der Waals surface area (Å²) in [6.07, 6.45) is 0. The van der Waals surface area contributed by atoms with Gasteiger partial charge in [0.1, 0.15) is 6.04 Å². The first-order chi connectivity index (χ1) is 13.5. The fourth-order valence-corrected chi connectivity index (χ4v) is 2.97. The summed E-state index contributed by atoms with van der Waals surface area (Å²) in [6.45, 7) is 1.31. The van der Waals surface area contributed by atoms with Gasteiger partial charge < -0.3 is 14.5 Å². The third-order valence-corrected chi connectivity index (χ3v) is 4.75. The van der Waals surface area contributed by atoms with Crippen molar-refractivity contribution in [3.05, 3.63) is 69.5 Å². The summed E-state index contributed by atoms with van der Waals surface area (Å²) < 4.78 is 11.5. The van der Waals surface area contributed by atoms with E-state index in [1.807, 2.05) is 24.3 Å². The molecule has 1 atom stereocenters. The lowest BCUT2D eigenvalue weighted by atomic mass is 10.2. The Bertz CT molecular complexity index is 1010. The van der Waals surface area contributed by atoms with E-state index >= 15 is 0 Å². The molecule has 0 aliphatic rings. The summed E-state index contributed by atoms with van der Waals surface area (Å²) >= 11 is 9.39. The molecule has 0 saturated heterocycles. The molecule has 3 aromatic rings. The maximum Gasteiger partial charge on any atom is 0.328 e. The first-order valence-corrected chi connectivity index (χ1v) is 9.42. The van der Waals surface area contributed by atoms with E-state index in [-0.39, 0.29) is 18.1 Å². The van der Waals surface area contributed by atoms with E-state index in [0.717, 1.165) is 10.0 Å². The smallest absolute Gasteiger partial charge is 0.328 e. The maximum absolute atomic E-state index is 12.2. The highest BCUT2D eigenvalue weighted by atomic mass is 79.9. The molecule has 0 saturated carbocycles. The number of halogens is 2. The van der Waals surface area contributed by atoms with Gasteiger partial charge in [-0.1, -0.05) is 35.9 Å². The first-order valence-electron chi connectivity index (χ1n) is 8.25. The fraction of sp³-hybridized carbons (Fsp3) is 0.158. The van der Waals surface area contributed by atoms with Crippen molar-refractivity contribution in [1.82, 2.24) is 15.5 Å². The Labute approximate surface area is 174 Å². The van der Waals surface area contributed by atoms with Crippen molar-refractivity contribution < 1.29 is 18.7 Å². The largest absolute Gasteiger partial charge is 0.454 e. The van der Waals surface area contributed by atoms with Crippen LogP contribution in [0.5, 0.6) is 0 Å². The maximum atomic E-state index is 12.2. The lowest BCUT2D eigenvalue weighted by Gasteiger charge is -2.13. The van der Waals surface area contributed by atoms with Gasteiger partial charge in [0.05, 0.1) is 16.1 Å². The minimum absolute atomic E-state index is 0.142. The van der Waals surface area contributed by atoms with E-state index in [2.05, 4.69) is 31.4 Å². The third kappa shape index (κ3) is 4.76. The van der Waals surface area contributed by atoms with E-state index in [1.165, 1.54) is 6.92 Å². The zero-order valence-electron chi connectivity index (χ0n) is 14.7. The molecule has 1 amide bonds. The number of ether oxygens (including phenoxy) is 1. The summed E-state index contributed by atoms with van der Waals surface area (Å²) in [5, 5.41) is 10.6. The highest BCUT2D eigenvalue weighted by Crippen LogP contribution is 2.26. The van der Waals surface area contributed by atoms with E-state index in [4.69, 9.17) is 20.8 Å². The molecule has 1 N–H and O–H groups in total. The van der Waals surface area contributed by atoms with Crippen molar-refractivity contribution in [2.45, 2.75) is 19.6 Å². The SMILES string of the molecule is C[C@H](NC(=O)c1ccccc1Cl)C(=O)OCc1nnc(-c2ccccc2Br)o1. The number of hydrogen-bond acceptors (Lipinski definition) is 6. The quantitative estimate of drug-likeness (QED) is 0.554. The topological polar surface area (TPSA) is 94.3 Å². The molecule has 7 nitrogen and oxygen atoms in total. The summed E-state index contributed by atoms with van der Waals surface area (Å²) in [6, 6.07) is 13.1. The number of nitrogens with one attached hydrogen (secondary N) is 1. The Morgan fingerprint density at radius 2 is 1.89 bits per heavy atom. The van der Waals surface area contributed by atoms with Crippen LogP contribution in [-0.2, 0) is 16.1 Å². The Hall–Kier alpha value is -2.71. The van der Waals surface area contributed by atoms with Crippen molar-refractivity contribution >= 4 is 39.4 Å². The lowest BCUT2D eigenvalue weighted by molar-refractivity contribution is -0.147. The highest BCUT2D eigenvalue weighted by molar-refractivity contribution is 9.10. The standard InChI is InChI=1S/C19H15BrClN3O4/c1-11(22-17(25)13-7-3-5-9-15(13)21)19(26)27-10-16-23-24-18(28-16)12-6-2-4-8-14(12)20/h2-9,11H,10H2,1H3,(H,22,25)/t11-/m0/s1. The van der Waals surface area contributed by atoms with Crippen LogP contribution in [0.15, 0.2) is 57.4 Å². The van der Waals surface area contributed by atoms with Gasteiger partial charge in [0.15, 0.2) is 6.61 Å². The molecule has 0 aliphatic carbocycles. The van der Waals surface area contributed by atoms with Crippen LogP contribution < -0.4 is 5.32 Å². The molecule has 0 fully saturated rings. The minimum atomic E-state index is -0.880. The number of nitrogens with zero attached hydrogens (tertiary/aromatic N) is 2. The summed E-state index contributed by atoms with van der Waals surface area (Å²) in [7, 11) is 0. The third-order valence-electron chi connectivity index (χ3n) is 3.73. The van der Waals surface area contributed by atoms with Gasteiger partial charge >= 0.3 is 5.97 Å². The summed E-state index contributed by atoms with van der Waals surface area (Å²) in [4.78, 5) is 24.3. The van der Waals surface area contributed by atoms with Gasteiger partial charge in [-0.3, -0.25) is 4.79 Å². The number of rotatable bonds is 6. The normalized spacial score (nSPS) is 11.7. The number of amides is 1. The van der Waals surface area contributed by atoms with Gasteiger partial charge in [0, 0.05) is 4.47 Å². The van der Waals surface area contributed by atoms with Crippen LogP contribution in [0.25, 0.3) is 11.5 Å². The Morgan fingerprint density at radius 1 is 1.18 bits per heavy atom.